The van der Waals surface area contributed by atoms with Crippen molar-refractivity contribution in [3.8, 4) is 0 Å². The van der Waals surface area contributed by atoms with Gasteiger partial charge in [0.2, 0.25) is 5.91 Å². The number of nitrogens with one attached hydrogen (secondary N) is 2. The van der Waals surface area contributed by atoms with Crippen LogP contribution in [0, 0.1) is 0 Å². The second-order valence-corrected chi connectivity index (χ2v) is 8.60. The largest absolute Gasteiger partial charge is 0.355 e. The molecule has 31 heavy (non-hydrogen) atoms. The van der Waals surface area contributed by atoms with Gasteiger partial charge in [-0.15, -0.1) is 0 Å². The van der Waals surface area contributed by atoms with Crippen molar-refractivity contribution >= 4 is 16.8 Å². The van der Waals surface area contributed by atoms with E-state index in [0.717, 1.165) is 35.7 Å². The molecule has 0 aliphatic heterocycles. The molecule has 2 atom stereocenters. The van der Waals surface area contributed by atoms with Crippen molar-refractivity contribution < 1.29 is 4.79 Å². The van der Waals surface area contributed by atoms with Gasteiger partial charge in [0.25, 0.3) is 0 Å². The molecule has 0 aliphatic rings. The first-order valence-corrected chi connectivity index (χ1v) is 11.3. The highest BCUT2D eigenvalue weighted by Gasteiger charge is 2.18. The van der Waals surface area contributed by atoms with Crippen LogP contribution in [0.2, 0.25) is 0 Å². The Labute approximate surface area is 185 Å². The van der Waals surface area contributed by atoms with Crippen LogP contribution in [0.15, 0.2) is 48.9 Å². The summed E-state index contributed by atoms with van der Waals surface area (Å²) in [7, 11) is 4.13. The maximum Gasteiger partial charge on any atom is 0.220 e. The second kappa shape index (κ2) is 11.6. The van der Waals surface area contributed by atoms with Crippen LogP contribution in [0.3, 0.4) is 0 Å². The number of H-pyrrole nitrogens is 1. The number of carbonyl (C=O) groups excluding carboxylic acids is 1. The summed E-state index contributed by atoms with van der Waals surface area (Å²) in [5.41, 5.74) is 3.45. The molecule has 6 nitrogen and oxygen atoms in total. The molecule has 0 saturated heterocycles. The smallest absolute Gasteiger partial charge is 0.220 e. The van der Waals surface area contributed by atoms with E-state index in [9.17, 15) is 4.79 Å². The van der Waals surface area contributed by atoms with Crippen molar-refractivity contribution in [3.05, 3.63) is 60.0 Å². The minimum Gasteiger partial charge on any atom is -0.355 e. The molecule has 1 amide bonds. The monoisotopic (exact) mass is 421 g/mol. The number of rotatable bonds is 12. The number of fused-ring (bicyclic) bond motifs is 1. The number of nitrogens with zero attached hydrogens (tertiary/aromatic N) is 3. The van der Waals surface area contributed by atoms with Gasteiger partial charge in [0.05, 0.1) is 11.7 Å². The van der Waals surface area contributed by atoms with Gasteiger partial charge >= 0.3 is 0 Å². The van der Waals surface area contributed by atoms with E-state index in [1.807, 2.05) is 18.5 Å². The highest BCUT2D eigenvalue weighted by atomic mass is 16.1. The summed E-state index contributed by atoms with van der Waals surface area (Å²) >= 11 is 0. The molecule has 0 aliphatic carbocycles. The Morgan fingerprint density at radius 2 is 2.06 bits per heavy atom. The van der Waals surface area contributed by atoms with Gasteiger partial charge in [-0.25, -0.2) is 0 Å². The van der Waals surface area contributed by atoms with Gasteiger partial charge in [-0.05, 0) is 62.2 Å². The van der Waals surface area contributed by atoms with E-state index < -0.39 is 0 Å². The van der Waals surface area contributed by atoms with Gasteiger partial charge < -0.3 is 10.2 Å². The van der Waals surface area contributed by atoms with Crippen molar-refractivity contribution in [2.24, 2.45) is 0 Å². The fourth-order valence-electron chi connectivity index (χ4n) is 4.00. The van der Waals surface area contributed by atoms with Crippen molar-refractivity contribution in [3.63, 3.8) is 0 Å². The lowest BCUT2D eigenvalue weighted by molar-refractivity contribution is -0.121. The van der Waals surface area contributed by atoms with Gasteiger partial charge in [0, 0.05) is 36.8 Å². The predicted octanol–water partition coefficient (Wildman–Crippen LogP) is 4.30. The Balaban J connectivity index is 1.57. The van der Waals surface area contributed by atoms with E-state index >= 15 is 0 Å². The Bertz CT molecular complexity index is 937. The molecule has 166 valence electrons. The second-order valence-electron chi connectivity index (χ2n) is 8.60. The average Bonchev–Trinajstić information content (AvgIpc) is 3.24. The third-order valence-corrected chi connectivity index (χ3v) is 5.98. The van der Waals surface area contributed by atoms with Gasteiger partial charge in [0.1, 0.15) is 0 Å². The zero-order chi connectivity index (χ0) is 22.1. The lowest BCUT2D eigenvalue weighted by Gasteiger charge is -2.25. The van der Waals surface area contributed by atoms with Crippen molar-refractivity contribution in [1.29, 1.82) is 0 Å². The Morgan fingerprint density at radius 3 is 2.81 bits per heavy atom. The van der Waals surface area contributed by atoms with E-state index in [-0.39, 0.29) is 17.9 Å². The predicted molar refractivity (Wildman–Crippen MR) is 126 cm³/mol. The average molecular weight is 422 g/mol. The fraction of sp³-hybridized carbons (Fsp3) is 0.480. The van der Waals surface area contributed by atoms with Crippen LogP contribution in [0.4, 0.5) is 0 Å². The van der Waals surface area contributed by atoms with Crippen LogP contribution < -0.4 is 5.32 Å². The highest BCUT2D eigenvalue weighted by molar-refractivity contribution is 5.78. The van der Waals surface area contributed by atoms with Crippen molar-refractivity contribution in [2.45, 2.75) is 57.4 Å². The number of amides is 1. The Kier molecular flexibility index (Phi) is 8.59. The van der Waals surface area contributed by atoms with Crippen LogP contribution in [-0.4, -0.2) is 52.7 Å². The lowest BCUT2D eigenvalue weighted by atomic mass is 9.91. The number of benzene rings is 1. The number of hydrogen-bond donors (Lipinski definition) is 2. The molecule has 0 radical (unpaired) electrons. The molecule has 0 unspecified atom stereocenters. The standard InChI is InChI=1S/C25H35N5O/c1-4-5-6-8-20(21-9-7-12-26-16-21)15-25(31)27-18-23(30(2)3)14-19-10-11-24-22(13-19)17-28-29-24/h7,9-13,16-17,20,23H,4-6,8,14-15,18H2,1-3H3,(H,27,31)(H,28,29)/t20-,23+/m1/s1. The van der Waals surface area contributed by atoms with E-state index in [2.05, 4.69) is 70.7 Å². The molecule has 3 rings (SSSR count). The number of aromatic nitrogens is 3. The van der Waals surface area contributed by atoms with E-state index in [1.54, 1.807) is 6.20 Å². The summed E-state index contributed by atoms with van der Waals surface area (Å²) < 4.78 is 0. The van der Waals surface area contributed by atoms with Crippen molar-refractivity contribution in [2.75, 3.05) is 20.6 Å². The third-order valence-electron chi connectivity index (χ3n) is 5.98. The molecule has 3 aromatic rings. The number of hydrogen-bond acceptors (Lipinski definition) is 4. The first kappa shape index (κ1) is 22.9. The summed E-state index contributed by atoms with van der Waals surface area (Å²) in [6.07, 6.45) is 11.5. The van der Waals surface area contributed by atoms with E-state index in [4.69, 9.17) is 0 Å². The Hall–Kier alpha value is -2.73. The molecule has 1 aromatic carbocycles. The highest BCUT2D eigenvalue weighted by Crippen LogP contribution is 2.25. The van der Waals surface area contributed by atoms with Gasteiger partial charge in [-0.1, -0.05) is 38.3 Å². The number of pyridine rings is 1. The maximum absolute atomic E-state index is 12.8. The molecule has 2 heterocycles. The molecular formula is C25H35N5O. The van der Waals surface area contributed by atoms with Crippen LogP contribution in [-0.2, 0) is 11.2 Å². The first-order valence-electron chi connectivity index (χ1n) is 11.3. The summed E-state index contributed by atoms with van der Waals surface area (Å²) in [5.74, 6) is 0.337. The number of likely N-dealkylation sites (N-methyl/N-ethyl adjacent to an activating group) is 1. The van der Waals surface area contributed by atoms with E-state index in [0.29, 0.717) is 13.0 Å². The quantitative estimate of drug-likeness (QED) is 0.428. The molecule has 0 saturated carbocycles. The number of aromatic amines is 1. The number of carbonyl (C=O) groups is 1. The number of unbranched alkanes of at least 4 members (excludes halogenated alkanes) is 2. The maximum atomic E-state index is 12.8. The van der Waals surface area contributed by atoms with E-state index in [1.165, 1.54) is 18.4 Å². The third kappa shape index (κ3) is 6.89. The van der Waals surface area contributed by atoms with Crippen LogP contribution in [0.5, 0.6) is 0 Å². The normalized spacial score (nSPS) is 13.4. The molecule has 0 bridgehead atoms. The SMILES string of the molecule is CCCCC[C@H](CC(=O)NC[C@H](Cc1ccc2[nH]ncc2c1)N(C)C)c1cccnc1. The van der Waals surface area contributed by atoms with Gasteiger partial charge in [-0.3, -0.25) is 14.9 Å². The van der Waals surface area contributed by atoms with Crippen LogP contribution in [0.1, 0.15) is 56.1 Å². The Morgan fingerprint density at radius 1 is 1.19 bits per heavy atom. The minimum atomic E-state index is 0.113. The topological polar surface area (TPSA) is 73.9 Å². The minimum absolute atomic E-state index is 0.113. The first-order chi connectivity index (χ1) is 15.1. The molecule has 2 aromatic heterocycles. The summed E-state index contributed by atoms with van der Waals surface area (Å²) in [4.78, 5) is 19.3. The summed E-state index contributed by atoms with van der Waals surface area (Å²) in [6.45, 7) is 2.83. The lowest BCUT2D eigenvalue weighted by Crippen LogP contribution is -2.41. The van der Waals surface area contributed by atoms with Gasteiger partial charge in [-0.2, -0.15) is 5.10 Å². The molecule has 2 N–H and O–H groups in total. The van der Waals surface area contributed by atoms with Crippen molar-refractivity contribution in [1.82, 2.24) is 25.4 Å². The van der Waals surface area contributed by atoms with Gasteiger partial charge in [0.15, 0.2) is 0 Å². The molecule has 6 heteroatoms. The molecule has 0 fully saturated rings. The molecule has 0 spiro atoms. The summed E-state index contributed by atoms with van der Waals surface area (Å²) in [5, 5.41) is 11.4. The molecular weight excluding hydrogens is 386 g/mol. The zero-order valence-corrected chi connectivity index (χ0v) is 19.0. The summed E-state index contributed by atoms with van der Waals surface area (Å²) in [6, 6.07) is 10.6. The van der Waals surface area contributed by atoms with Crippen LogP contribution >= 0.6 is 0 Å². The van der Waals surface area contributed by atoms with Crippen LogP contribution in [0.25, 0.3) is 10.9 Å². The fourth-order valence-corrected chi connectivity index (χ4v) is 4.00. The zero-order valence-electron chi connectivity index (χ0n) is 19.0.